The number of ketones is 1. The predicted molar refractivity (Wildman–Crippen MR) is 66.7 cm³/mol. The van der Waals surface area contributed by atoms with Gasteiger partial charge in [0.15, 0.2) is 5.78 Å². The number of nitrogens with one attached hydrogen (secondary N) is 1. The Morgan fingerprint density at radius 2 is 2.11 bits per heavy atom. The molecule has 1 aromatic carbocycles. The molecule has 1 unspecified atom stereocenters. The fourth-order valence-corrected chi connectivity index (χ4v) is 1.69. The zero-order valence-corrected chi connectivity index (χ0v) is 10.1. The van der Waals surface area contributed by atoms with Crippen LogP contribution in [0.3, 0.4) is 0 Å². The Bertz CT molecular complexity index is 464. The molecule has 1 aromatic rings. The SMILES string of the molecule is COc1ccc(CN=CC2C(=O)CNC2=O)cc1. The second-order valence-electron chi connectivity index (χ2n) is 4.00. The second kappa shape index (κ2) is 5.44. The molecule has 0 saturated carbocycles. The van der Waals surface area contributed by atoms with Crippen LogP contribution in [0.1, 0.15) is 5.56 Å². The number of carbonyl (C=O) groups is 2. The molecule has 1 N–H and O–H groups in total. The molecule has 1 aliphatic rings. The minimum absolute atomic E-state index is 0.109. The molecule has 94 valence electrons. The Morgan fingerprint density at radius 3 is 2.67 bits per heavy atom. The molecule has 5 heteroatoms. The fourth-order valence-electron chi connectivity index (χ4n) is 1.69. The van der Waals surface area contributed by atoms with Gasteiger partial charge in [0.25, 0.3) is 0 Å². The highest BCUT2D eigenvalue weighted by molar-refractivity contribution is 6.18. The van der Waals surface area contributed by atoms with Crippen LogP contribution in [0, 0.1) is 5.92 Å². The van der Waals surface area contributed by atoms with Gasteiger partial charge in [0.2, 0.25) is 5.91 Å². The van der Waals surface area contributed by atoms with E-state index in [4.69, 9.17) is 4.74 Å². The highest BCUT2D eigenvalue weighted by Gasteiger charge is 2.30. The van der Waals surface area contributed by atoms with Crippen molar-refractivity contribution in [3.05, 3.63) is 29.8 Å². The first-order valence-electron chi connectivity index (χ1n) is 5.64. The van der Waals surface area contributed by atoms with Crippen LogP contribution < -0.4 is 10.1 Å². The first-order chi connectivity index (χ1) is 8.70. The van der Waals surface area contributed by atoms with Gasteiger partial charge < -0.3 is 10.1 Å². The summed E-state index contributed by atoms with van der Waals surface area (Å²) in [4.78, 5) is 26.7. The minimum Gasteiger partial charge on any atom is -0.497 e. The third-order valence-corrected chi connectivity index (χ3v) is 2.75. The van der Waals surface area contributed by atoms with Gasteiger partial charge in [-0.2, -0.15) is 0 Å². The smallest absolute Gasteiger partial charge is 0.236 e. The summed E-state index contributed by atoms with van der Waals surface area (Å²) in [6.07, 6.45) is 1.43. The van der Waals surface area contributed by atoms with E-state index in [0.29, 0.717) is 6.54 Å². The number of Topliss-reactive ketones (excluding diaryl/α,β-unsaturated/α-hetero) is 1. The number of benzene rings is 1. The molecule has 1 fully saturated rings. The molecule has 0 aromatic heterocycles. The summed E-state index contributed by atoms with van der Waals surface area (Å²) in [6, 6.07) is 7.48. The maximum absolute atomic E-state index is 11.3. The highest BCUT2D eigenvalue weighted by Crippen LogP contribution is 2.12. The molecule has 5 nitrogen and oxygen atoms in total. The van der Waals surface area contributed by atoms with Crippen LogP contribution in [0.25, 0.3) is 0 Å². The number of ether oxygens (including phenoxy) is 1. The molecular formula is C13H14N2O3. The number of hydrogen-bond acceptors (Lipinski definition) is 4. The Labute approximate surface area is 105 Å². The molecule has 2 rings (SSSR count). The van der Waals surface area contributed by atoms with Crippen LogP contribution >= 0.6 is 0 Å². The van der Waals surface area contributed by atoms with Crippen molar-refractivity contribution < 1.29 is 14.3 Å². The maximum atomic E-state index is 11.3. The molecule has 18 heavy (non-hydrogen) atoms. The molecule has 1 amide bonds. The van der Waals surface area contributed by atoms with Gasteiger partial charge in [-0.3, -0.25) is 14.6 Å². The van der Waals surface area contributed by atoms with Gasteiger partial charge in [-0.1, -0.05) is 12.1 Å². The van der Waals surface area contributed by atoms with Crippen molar-refractivity contribution >= 4 is 17.9 Å². The van der Waals surface area contributed by atoms with Crippen molar-refractivity contribution in [2.75, 3.05) is 13.7 Å². The molecular weight excluding hydrogens is 232 g/mol. The number of rotatable bonds is 4. The van der Waals surface area contributed by atoms with Gasteiger partial charge in [0, 0.05) is 6.21 Å². The molecule has 1 aliphatic heterocycles. The fraction of sp³-hybridized carbons (Fsp3) is 0.308. The Kier molecular flexibility index (Phi) is 3.72. The minimum atomic E-state index is -0.719. The molecule has 0 spiro atoms. The topological polar surface area (TPSA) is 67.8 Å². The normalized spacial score (nSPS) is 19.3. The average Bonchev–Trinajstić information content (AvgIpc) is 2.71. The molecule has 0 bridgehead atoms. The van der Waals surface area contributed by atoms with Crippen LogP contribution in [-0.4, -0.2) is 31.6 Å². The van der Waals surface area contributed by atoms with E-state index in [1.54, 1.807) is 7.11 Å². The van der Waals surface area contributed by atoms with Crippen molar-refractivity contribution in [3.63, 3.8) is 0 Å². The van der Waals surface area contributed by atoms with Crippen LogP contribution in [0.2, 0.25) is 0 Å². The summed E-state index contributed by atoms with van der Waals surface area (Å²) in [5, 5.41) is 2.49. The summed E-state index contributed by atoms with van der Waals surface area (Å²) in [6.45, 7) is 0.555. The van der Waals surface area contributed by atoms with Gasteiger partial charge in [-0.25, -0.2) is 0 Å². The Hall–Kier alpha value is -2.17. The van der Waals surface area contributed by atoms with E-state index < -0.39 is 5.92 Å². The van der Waals surface area contributed by atoms with E-state index in [2.05, 4.69) is 10.3 Å². The van der Waals surface area contributed by atoms with Crippen molar-refractivity contribution in [3.8, 4) is 5.75 Å². The summed E-state index contributed by atoms with van der Waals surface area (Å²) in [7, 11) is 1.61. The quantitative estimate of drug-likeness (QED) is 0.624. The molecule has 0 aliphatic carbocycles. The lowest BCUT2D eigenvalue weighted by atomic mass is 10.1. The van der Waals surface area contributed by atoms with Crippen molar-refractivity contribution in [1.82, 2.24) is 5.32 Å². The average molecular weight is 246 g/mol. The van der Waals surface area contributed by atoms with Gasteiger partial charge in [0.05, 0.1) is 20.2 Å². The van der Waals surface area contributed by atoms with E-state index >= 15 is 0 Å². The van der Waals surface area contributed by atoms with Gasteiger partial charge >= 0.3 is 0 Å². The Balaban J connectivity index is 1.94. The zero-order valence-electron chi connectivity index (χ0n) is 10.1. The second-order valence-corrected chi connectivity index (χ2v) is 4.00. The number of nitrogens with zero attached hydrogens (tertiary/aromatic N) is 1. The van der Waals surface area contributed by atoms with Crippen LogP contribution in [0.15, 0.2) is 29.3 Å². The van der Waals surface area contributed by atoms with Gasteiger partial charge in [0.1, 0.15) is 11.7 Å². The molecule has 1 saturated heterocycles. The lowest BCUT2D eigenvalue weighted by Gasteiger charge is -2.01. The van der Waals surface area contributed by atoms with E-state index in [-0.39, 0.29) is 18.2 Å². The monoisotopic (exact) mass is 246 g/mol. The molecule has 1 heterocycles. The maximum Gasteiger partial charge on any atom is 0.236 e. The van der Waals surface area contributed by atoms with Crippen molar-refractivity contribution in [2.24, 2.45) is 10.9 Å². The molecule has 1 atom stereocenters. The first-order valence-corrected chi connectivity index (χ1v) is 5.64. The summed E-state index contributed by atoms with van der Waals surface area (Å²) in [5.74, 6) is -0.326. The summed E-state index contributed by atoms with van der Waals surface area (Å²) < 4.78 is 5.05. The number of amides is 1. The van der Waals surface area contributed by atoms with Crippen molar-refractivity contribution in [2.45, 2.75) is 6.54 Å². The highest BCUT2D eigenvalue weighted by atomic mass is 16.5. The zero-order chi connectivity index (χ0) is 13.0. The molecule has 0 radical (unpaired) electrons. The standard InChI is InChI=1S/C13H14N2O3/c1-18-10-4-2-9(3-5-10)6-14-7-11-12(16)8-15-13(11)17/h2-5,7,11H,6,8H2,1H3,(H,15,17). The number of aliphatic imine (C=N–C) groups is 1. The number of methoxy groups -OCH3 is 1. The first kappa shape index (κ1) is 12.3. The lowest BCUT2D eigenvalue weighted by molar-refractivity contribution is -0.124. The largest absolute Gasteiger partial charge is 0.497 e. The number of carbonyl (C=O) groups excluding carboxylic acids is 2. The van der Waals surface area contributed by atoms with Crippen LogP contribution in [0.5, 0.6) is 5.75 Å². The van der Waals surface area contributed by atoms with E-state index in [0.717, 1.165) is 11.3 Å². The third kappa shape index (κ3) is 2.74. The third-order valence-electron chi connectivity index (χ3n) is 2.75. The summed E-state index contributed by atoms with van der Waals surface area (Å²) >= 11 is 0. The Morgan fingerprint density at radius 1 is 1.39 bits per heavy atom. The van der Waals surface area contributed by atoms with E-state index in [1.165, 1.54) is 6.21 Å². The van der Waals surface area contributed by atoms with Gasteiger partial charge in [-0.05, 0) is 17.7 Å². The van der Waals surface area contributed by atoms with Crippen molar-refractivity contribution in [1.29, 1.82) is 0 Å². The summed E-state index contributed by atoms with van der Waals surface area (Å²) in [5.41, 5.74) is 0.998. The van der Waals surface area contributed by atoms with Crippen LogP contribution in [-0.2, 0) is 16.1 Å². The number of hydrogen-bond donors (Lipinski definition) is 1. The predicted octanol–water partition coefficient (Wildman–Crippen LogP) is 0.581. The lowest BCUT2D eigenvalue weighted by Crippen LogP contribution is -2.20. The van der Waals surface area contributed by atoms with E-state index in [9.17, 15) is 9.59 Å². The van der Waals surface area contributed by atoms with Crippen LogP contribution in [0.4, 0.5) is 0 Å². The van der Waals surface area contributed by atoms with E-state index in [1.807, 2.05) is 24.3 Å². The van der Waals surface area contributed by atoms with Gasteiger partial charge in [-0.15, -0.1) is 0 Å².